The van der Waals surface area contributed by atoms with Gasteiger partial charge in [0.05, 0.1) is 18.3 Å². The highest BCUT2D eigenvalue weighted by Gasteiger charge is 2.55. The largest absolute Gasteiger partial charge is 0.387 e. The van der Waals surface area contributed by atoms with Crippen LogP contribution >= 0.6 is 11.6 Å². The number of amides is 4. The van der Waals surface area contributed by atoms with Crippen molar-refractivity contribution in [3.63, 3.8) is 0 Å². The third-order valence-corrected chi connectivity index (χ3v) is 9.94. The van der Waals surface area contributed by atoms with E-state index in [0.717, 1.165) is 50.5 Å². The van der Waals surface area contributed by atoms with Gasteiger partial charge in [0.15, 0.2) is 5.60 Å². The van der Waals surface area contributed by atoms with Gasteiger partial charge in [0.2, 0.25) is 23.5 Å². The van der Waals surface area contributed by atoms with Crippen molar-refractivity contribution in [3.05, 3.63) is 34.9 Å². The van der Waals surface area contributed by atoms with Crippen LogP contribution in [0.5, 0.6) is 0 Å². The number of ketones is 1. The van der Waals surface area contributed by atoms with Crippen LogP contribution in [0, 0.1) is 11.3 Å². The zero-order valence-electron chi connectivity index (χ0n) is 27.9. The van der Waals surface area contributed by atoms with Crippen LogP contribution in [0.2, 0.25) is 5.02 Å². The van der Waals surface area contributed by atoms with E-state index in [-0.39, 0.29) is 37.3 Å². The second-order valence-corrected chi connectivity index (χ2v) is 15.2. The Morgan fingerprint density at radius 3 is 2.40 bits per heavy atom. The number of likely N-dealkylation sites (tertiary alicyclic amines) is 1. The van der Waals surface area contributed by atoms with Gasteiger partial charge in [-0.3, -0.25) is 24.0 Å². The van der Waals surface area contributed by atoms with Crippen LogP contribution in [0.15, 0.2) is 29.4 Å². The number of nitrogens with zero attached hydrogens (tertiary/aromatic N) is 2. The van der Waals surface area contributed by atoms with E-state index in [1.165, 1.54) is 4.90 Å². The number of halogens is 1. The molecule has 1 aromatic carbocycles. The summed E-state index contributed by atoms with van der Waals surface area (Å²) in [5, 5.41) is 13.5. The average Bonchev–Trinajstić information content (AvgIpc) is 3.63. The quantitative estimate of drug-likeness (QED) is 0.303. The summed E-state index contributed by atoms with van der Waals surface area (Å²) in [5.74, 6) is -2.66. The Labute approximate surface area is 281 Å². The molecule has 2 aliphatic carbocycles. The van der Waals surface area contributed by atoms with Crippen molar-refractivity contribution in [1.82, 2.24) is 20.9 Å². The van der Waals surface area contributed by atoms with Crippen LogP contribution in [-0.2, 0) is 28.8 Å². The number of carbonyl (C=O) groups excluding carboxylic acids is 5. The van der Waals surface area contributed by atoms with Gasteiger partial charge in [-0.05, 0) is 49.7 Å². The molecule has 5 rings (SSSR count). The zero-order valence-corrected chi connectivity index (χ0v) is 28.7. The summed E-state index contributed by atoms with van der Waals surface area (Å²) < 4.78 is 0. The van der Waals surface area contributed by atoms with Crippen LogP contribution in [-0.4, -0.2) is 76.3 Å². The van der Waals surface area contributed by atoms with Crippen molar-refractivity contribution in [2.45, 2.75) is 128 Å². The van der Waals surface area contributed by atoms with Crippen LogP contribution in [0.1, 0.15) is 104 Å². The molecule has 0 bridgehead atoms. The van der Waals surface area contributed by atoms with Gasteiger partial charge in [-0.25, -0.2) is 0 Å². The fourth-order valence-corrected chi connectivity index (χ4v) is 7.05. The predicted molar refractivity (Wildman–Crippen MR) is 178 cm³/mol. The van der Waals surface area contributed by atoms with Crippen molar-refractivity contribution in [3.8, 4) is 0 Å². The van der Waals surface area contributed by atoms with Gasteiger partial charge in [0.1, 0.15) is 12.1 Å². The van der Waals surface area contributed by atoms with E-state index < -0.39 is 52.6 Å². The highest BCUT2D eigenvalue weighted by Crippen LogP contribution is 2.40. The van der Waals surface area contributed by atoms with Crippen molar-refractivity contribution in [2.24, 2.45) is 16.5 Å². The fraction of sp³-hybridized carbons (Fsp3) is 0.657. The van der Waals surface area contributed by atoms with Crippen LogP contribution < -0.4 is 16.0 Å². The van der Waals surface area contributed by atoms with Gasteiger partial charge in [-0.1, -0.05) is 82.3 Å². The van der Waals surface area contributed by atoms with E-state index in [1.54, 1.807) is 12.1 Å². The van der Waals surface area contributed by atoms with Crippen LogP contribution in [0.4, 0.5) is 0 Å². The molecule has 3 N–H and O–H groups in total. The predicted octanol–water partition coefficient (Wildman–Crippen LogP) is 4.05. The van der Waals surface area contributed by atoms with E-state index in [1.807, 2.05) is 39.8 Å². The molecule has 4 atom stereocenters. The molecular weight excluding hydrogens is 622 g/mol. The van der Waals surface area contributed by atoms with Gasteiger partial charge in [0, 0.05) is 35.4 Å². The first-order valence-corrected chi connectivity index (χ1v) is 17.4. The van der Waals surface area contributed by atoms with Crippen molar-refractivity contribution in [1.29, 1.82) is 0 Å². The SMILES string of the molecule is CCC[C@H](NC(=O)[C@@H]1C[C@]2(CC(c3cccc(Cl)c3)=NO2)CN1C(=O)[C@@H](NC(=O)C1CCCCC1)C(C)(C)C)C(=O)C(=O)NC1CC1. The molecular formula is C35H48ClN5O6. The summed E-state index contributed by atoms with van der Waals surface area (Å²) in [5.41, 5.74) is -0.241. The van der Waals surface area contributed by atoms with E-state index in [2.05, 4.69) is 21.1 Å². The maximum atomic E-state index is 14.5. The Morgan fingerprint density at radius 2 is 1.77 bits per heavy atom. The average molecular weight is 670 g/mol. The minimum Gasteiger partial charge on any atom is -0.387 e. The first-order valence-electron chi connectivity index (χ1n) is 17.1. The Morgan fingerprint density at radius 1 is 1.04 bits per heavy atom. The lowest BCUT2D eigenvalue weighted by molar-refractivity contribution is -0.146. The molecule has 0 radical (unpaired) electrons. The first-order chi connectivity index (χ1) is 22.3. The molecule has 2 aliphatic heterocycles. The molecule has 4 amide bonds. The molecule has 0 aromatic heterocycles. The second kappa shape index (κ2) is 14.3. The third kappa shape index (κ3) is 8.34. The molecule has 256 valence electrons. The molecule has 1 spiro atoms. The molecule has 4 aliphatic rings. The van der Waals surface area contributed by atoms with Gasteiger partial charge < -0.3 is 25.7 Å². The summed E-state index contributed by atoms with van der Waals surface area (Å²) >= 11 is 6.24. The smallest absolute Gasteiger partial charge is 0.289 e. The number of nitrogens with one attached hydrogen (secondary N) is 3. The highest BCUT2D eigenvalue weighted by molar-refractivity contribution is 6.38. The molecule has 11 nitrogen and oxygen atoms in total. The molecule has 1 saturated heterocycles. The summed E-state index contributed by atoms with van der Waals surface area (Å²) in [6, 6.07) is 4.28. The van der Waals surface area contributed by atoms with E-state index >= 15 is 0 Å². The maximum Gasteiger partial charge on any atom is 0.289 e. The number of carbonyl (C=O) groups is 5. The van der Waals surface area contributed by atoms with Gasteiger partial charge in [-0.2, -0.15) is 0 Å². The highest BCUT2D eigenvalue weighted by atomic mass is 35.5. The fourth-order valence-electron chi connectivity index (χ4n) is 6.86. The van der Waals surface area contributed by atoms with Crippen LogP contribution in [0.3, 0.4) is 0 Å². The topological polar surface area (TPSA) is 146 Å². The molecule has 12 heteroatoms. The number of hydrogen-bond donors (Lipinski definition) is 3. The van der Waals surface area contributed by atoms with Gasteiger partial charge in [0.25, 0.3) is 5.91 Å². The molecule has 2 saturated carbocycles. The maximum absolute atomic E-state index is 14.5. The number of oxime groups is 1. The van der Waals surface area contributed by atoms with Crippen molar-refractivity contribution in [2.75, 3.05) is 6.54 Å². The second-order valence-electron chi connectivity index (χ2n) is 14.8. The molecule has 0 unspecified atom stereocenters. The normalized spacial score (nSPS) is 24.2. The lowest BCUT2D eigenvalue weighted by atomic mass is 9.83. The Kier molecular flexibility index (Phi) is 10.6. The van der Waals surface area contributed by atoms with Gasteiger partial charge >= 0.3 is 0 Å². The van der Waals surface area contributed by atoms with E-state index in [9.17, 15) is 24.0 Å². The standard InChI is InChI=1S/C35H48ClN5O6/c1-5-10-25(28(42)32(45)37-24-15-16-24)38-31(44)27-19-35(18-26(40-47-35)22-13-9-14-23(36)17-22)20-41(27)33(46)29(34(2,3)4)39-30(43)21-11-7-6-8-12-21/h9,13-14,17,21,24-25,27,29H,5-8,10-12,15-16,18-20H2,1-4H3,(H,37,45)(H,38,44)(H,39,43)/t25-,27-,29+,35+/m0/s1. The van der Waals surface area contributed by atoms with Gasteiger partial charge in [-0.15, -0.1) is 0 Å². The summed E-state index contributed by atoms with van der Waals surface area (Å²) in [4.78, 5) is 75.4. The Bertz CT molecular complexity index is 1420. The minimum atomic E-state index is -1.04. The number of benzene rings is 1. The first kappa shape index (κ1) is 34.9. The lowest BCUT2D eigenvalue weighted by Crippen LogP contribution is -2.59. The zero-order chi connectivity index (χ0) is 33.9. The van der Waals surface area contributed by atoms with E-state index in [4.69, 9.17) is 16.4 Å². The summed E-state index contributed by atoms with van der Waals surface area (Å²) in [6.45, 7) is 7.59. The number of hydrogen-bond acceptors (Lipinski definition) is 7. The van der Waals surface area contributed by atoms with Crippen LogP contribution in [0.25, 0.3) is 0 Å². The Hall–Kier alpha value is -3.47. The minimum absolute atomic E-state index is 0.00131. The summed E-state index contributed by atoms with van der Waals surface area (Å²) in [6.07, 6.45) is 7.56. The third-order valence-electron chi connectivity index (χ3n) is 9.70. The molecule has 2 heterocycles. The number of Topliss-reactive ketones (excluding diaryl/α,β-unsaturated/α-hetero) is 1. The van der Waals surface area contributed by atoms with E-state index in [0.29, 0.717) is 23.6 Å². The molecule has 1 aromatic rings. The number of rotatable bonds is 11. The monoisotopic (exact) mass is 669 g/mol. The van der Waals surface area contributed by atoms with Crippen molar-refractivity contribution >= 4 is 46.7 Å². The molecule has 47 heavy (non-hydrogen) atoms. The Balaban J connectivity index is 1.40. The molecule has 3 fully saturated rings. The lowest BCUT2D eigenvalue weighted by Gasteiger charge is -2.36. The summed E-state index contributed by atoms with van der Waals surface area (Å²) in [7, 11) is 0. The van der Waals surface area contributed by atoms with Crippen molar-refractivity contribution < 1.29 is 28.8 Å².